The smallest absolute Gasteiger partial charge is 0.243 e. The van der Waals surface area contributed by atoms with Crippen molar-refractivity contribution in [2.75, 3.05) is 12.8 Å². The number of rotatable bonds is 2. The molecule has 0 radical (unpaired) electrons. The molecule has 0 saturated heterocycles. The van der Waals surface area contributed by atoms with Crippen LogP contribution in [0.4, 0.5) is 13.2 Å². The summed E-state index contributed by atoms with van der Waals surface area (Å²) in [5.74, 6) is 0. The molecule has 0 aromatic heterocycles. The summed E-state index contributed by atoms with van der Waals surface area (Å²) in [5.41, 5.74) is 0. The van der Waals surface area contributed by atoms with Crippen molar-refractivity contribution in [2.24, 2.45) is 0 Å². The van der Waals surface area contributed by atoms with Crippen molar-refractivity contribution in [1.82, 2.24) is 4.72 Å². The van der Waals surface area contributed by atoms with Crippen molar-refractivity contribution in [1.29, 1.82) is 0 Å². The minimum absolute atomic E-state index is 1.14. The predicted molar refractivity (Wildman–Crippen MR) is 28.1 cm³/mol. The van der Waals surface area contributed by atoms with Crippen LogP contribution in [0.3, 0.4) is 0 Å². The number of alkyl halides is 3. The molecule has 9 heavy (non-hydrogen) atoms. The second-order valence-electron chi connectivity index (χ2n) is 1.39. The van der Waals surface area contributed by atoms with E-state index in [0.29, 0.717) is 0 Å². The van der Waals surface area contributed by atoms with Crippen molar-refractivity contribution in [3.05, 3.63) is 0 Å². The van der Waals surface area contributed by atoms with Gasteiger partial charge < -0.3 is 0 Å². The highest BCUT2D eigenvalue weighted by atomic mass is 32.2. The van der Waals surface area contributed by atoms with Crippen LogP contribution in [0.15, 0.2) is 0 Å². The Labute approximate surface area is 53.0 Å². The molecule has 56 valence electrons. The largest absolute Gasteiger partial charge is 0.402 e. The Morgan fingerprint density at radius 3 is 2.11 bits per heavy atom. The Morgan fingerprint density at radius 1 is 1.56 bits per heavy atom. The van der Waals surface area contributed by atoms with Gasteiger partial charge in [-0.25, -0.2) is 8.93 Å². The van der Waals surface area contributed by atoms with Crippen LogP contribution in [0.5, 0.6) is 0 Å². The normalized spacial score (nSPS) is 15.6. The van der Waals surface area contributed by atoms with Gasteiger partial charge in [0.05, 0.1) is 11.0 Å². The third-order valence-corrected chi connectivity index (χ3v) is 1.03. The standard InChI is InChI=1S/C3H6F3NOS/c1-9(8)7-2-3(4,5)6/h7H,2H2,1H3/t9-/m1/s1. The van der Waals surface area contributed by atoms with E-state index in [1.54, 1.807) is 4.72 Å². The van der Waals surface area contributed by atoms with Crippen LogP contribution in [0.1, 0.15) is 0 Å². The van der Waals surface area contributed by atoms with E-state index < -0.39 is 23.7 Å². The molecule has 0 unspecified atom stereocenters. The average Bonchev–Trinajstić information content (AvgIpc) is 1.59. The van der Waals surface area contributed by atoms with Gasteiger partial charge in [-0.05, 0) is 0 Å². The third kappa shape index (κ3) is 7.90. The van der Waals surface area contributed by atoms with Crippen molar-refractivity contribution >= 4 is 11.0 Å². The van der Waals surface area contributed by atoms with Crippen molar-refractivity contribution in [3.8, 4) is 0 Å². The van der Waals surface area contributed by atoms with Gasteiger partial charge in [-0.2, -0.15) is 13.2 Å². The molecule has 6 heteroatoms. The molecule has 0 amide bonds. The zero-order chi connectivity index (χ0) is 7.49. The first-order chi connectivity index (χ1) is 3.92. The zero-order valence-corrected chi connectivity index (χ0v) is 5.47. The molecule has 0 rings (SSSR count). The molecule has 2 nitrogen and oxygen atoms in total. The first-order valence-corrected chi connectivity index (χ1v) is 3.61. The molecular formula is C3H6F3NOS. The van der Waals surface area contributed by atoms with Crippen molar-refractivity contribution in [3.63, 3.8) is 0 Å². The van der Waals surface area contributed by atoms with Crippen LogP contribution in [0, 0.1) is 0 Å². The lowest BCUT2D eigenvalue weighted by Crippen LogP contribution is -2.29. The summed E-state index contributed by atoms with van der Waals surface area (Å²) in [5, 5.41) is 0. The van der Waals surface area contributed by atoms with Crippen LogP contribution < -0.4 is 4.72 Å². The summed E-state index contributed by atoms with van der Waals surface area (Å²) in [6.45, 7) is -1.20. The summed E-state index contributed by atoms with van der Waals surface area (Å²) < 4.78 is 45.4. The number of hydrogen-bond donors (Lipinski definition) is 1. The molecule has 0 aliphatic heterocycles. The van der Waals surface area contributed by atoms with Gasteiger partial charge in [-0.1, -0.05) is 0 Å². The van der Waals surface area contributed by atoms with E-state index in [2.05, 4.69) is 0 Å². The van der Waals surface area contributed by atoms with Crippen LogP contribution in [-0.4, -0.2) is 23.2 Å². The maximum atomic E-state index is 11.2. The molecule has 0 aromatic carbocycles. The first kappa shape index (κ1) is 8.90. The molecule has 1 N–H and O–H groups in total. The first-order valence-electron chi connectivity index (χ1n) is 2.05. The number of hydrogen-bond acceptors (Lipinski definition) is 1. The molecule has 0 aliphatic rings. The highest BCUT2D eigenvalue weighted by Gasteiger charge is 2.26. The molecule has 0 spiro atoms. The second-order valence-corrected chi connectivity index (χ2v) is 2.59. The molecule has 1 atom stereocenters. The number of nitrogens with one attached hydrogen (secondary N) is 1. The maximum Gasteiger partial charge on any atom is 0.402 e. The van der Waals surface area contributed by atoms with Crippen molar-refractivity contribution < 1.29 is 17.4 Å². The van der Waals surface area contributed by atoms with Gasteiger partial charge in [0.25, 0.3) is 0 Å². The van der Waals surface area contributed by atoms with E-state index in [0.717, 1.165) is 6.26 Å². The van der Waals surface area contributed by atoms with Gasteiger partial charge in [0, 0.05) is 6.26 Å². The van der Waals surface area contributed by atoms with E-state index in [9.17, 15) is 17.4 Å². The lowest BCUT2D eigenvalue weighted by atomic mass is 10.7. The highest BCUT2D eigenvalue weighted by Crippen LogP contribution is 2.11. The Hall–Kier alpha value is -0.100. The quantitative estimate of drug-likeness (QED) is 0.625. The van der Waals surface area contributed by atoms with Gasteiger partial charge in [-0.15, -0.1) is 0 Å². The third-order valence-electron chi connectivity index (χ3n) is 0.476. The highest BCUT2D eigenvalue weighted by molar-refractivity contribution is 7.82. The predicted octanol–water partition coefficient (Wildman–Crippen LogP) is 0.432. The minimum Gasteiger partial charge on any atom is -0.243 e. The zero-order valence-electron chi connectivity index (χ0n) is 4.66. The molecule has 0 saturated carbocycles. The SMILES string of the molecule is C[S@@](=O)NCC(F)(F)F. The van der Waals surface area contributed by atoms with Gasteiger partial charge in [0.15, 0.2) is 0 Å². The summed E-state index contributed by atoms with van der Waals surface area (Å²) >= 11 is 0. The monoisotopic (exact) mass is 161 g/mol. The average molecular weight is 161 g/mol. The Morgan fingerprint density at radius 2 is 2.00 bits per heavy atom. The summed E-state index contributed by atoms with van der Waals surface area (Å²) in [4.78, 5) is 0. The van der Waals surface area contributed by atoms with Crippen LogP contribution in [0.25, 0.3) is 0 Å². The van der Waals surface area contributed by atoms with Crippen LogP contribution in [-0.2, 0) is 11.0 Å². The summed E-state index contributed by atoms with van der Waals surface area (Å²) in [7, 11) is -1.58. The fourth-order valence-electron chi connectivity index (χ4n) is 0.183. The molecule has 0 aromatic rings. The van der Waals surface area contributed by atoms with Crippen molar-refractivity contribution in [2.45, 2.75) is 6.18 Å². The number of halogens is 3. The molecular weight excluding hydrogens is 155 g/mol. The van der Waals surface area contributed by atoms with Gasteiger partial charge >= 0.3 is 6.18 Å². The summed E-state index contributed by atoms with van der Waals surface area (Å²) in [6.07, 6.45) is -3.13. The lowest BCUT2D eigenvalue weighted by molar-refractivity contribution is -0.121. The van der Waals surface area contributed by atoms with Gasteiger partial charge in [0.1, 0.15) is 6.54 Å². The molecule has 0 fully saturated rings. The topological polar surface area (TPSA) is 29.1 Å². The van der Waals surface area contributed by atoms with Crippen LogP contribution >= 0.6 is 0 Å². The van der Waals surface area contributed by atoms with Gasteiger partial charge in [0.2, 0.25) is 0 Å². The second kappa shape index (κ2) is 3.17. The Balaban J connectivity index is 3.39. The lowest BCUT2D eigenvalue weighted by Gasteiger charge is -2.03. The van der Waals surface area contributed by atoms with Crippen LogP contribution in [0.2, 0.25) is 0 Å². The Bertz CT molecular complexity index is 112. The molecule has 0 heterocycles. The Kier molecular flexibility index (Phi) is 3.13. The van der Waals surface area contributed by atoms with E-state index in [-0.39, 0.29) is 0 Å². The van der Waals surface area contributed by atoms with E-state index >= 15 is 0 Å². The fraction of sp³-hybridized carbons (Fsp3) is 1.00. The van der Waals surface area contributed by atoms with Gasteiger partial charge in [-0.3, -0.25) is 0 Å². The van der Waals surface area contributed by atoms with E-state index in [1.807, 2.05) is 0 Å². The fourth-order valence-corrected chi connectivity index (χ4v) is 0.550. The maximum absolute atomic E-state index is 11.2. The molecule has 0 aliphatic carbocycles. The summed E-state index contributed by atoms with van der Waals surface area (Å²) in [6, 6.07) is 0. The van der Waals surface area contributed by atoms with E-state index in [1.165, 1.54) is 0 Å². The molecule has 0 bridgehead atoms. The van der Waals surface area contributed by atoms with E-state index in [4.69, 9.17) is 0 Å². The minimum atomic E-state index is -4.27.